The van der Waals surface area contributed by atoms with Crippen molar-refractivity contribution in [2.75, 3.05) is 39.3 Å². The molecular formula is C13H28N2. The summed E-state index contributed by atoms with van der Waals surface area (Å²) in [7, 11) is 0. The molecular weight excluding hydrogens is 184 g/mol. The molecule has 2 heteroatoms. The van der Waals surface area contributed by atoms with Gasteiger partial charge in [-0.05, 0) is 17.9 Å². The lowest BCUT2D eigenvalue weighted by Crippen LogP contribution is -2.49. The van der Waals surface area contributed by atoms with Crippen LogP contribution < -0.4 is 0 Å². The van der Waals surface area contributed by atoms with E-state index in [4.69, 9.17) is 0 Å². The molecule has 0 bridgehead atoms. The maximum Gasteiger partial charge on any atom is 0.0110 e. The van der Waals surface area contributed by atoms with Crippen LogP contribution in [0.5, 0.6) is 0 Å². The molecule has 1 aliphatic rings. The summed E-state index contributed by atoms with van der Waals surface area (Å²) in [6.45, 7) is 19.2. The highest BCUT2D eigenvalue weighted by Gasteiger charge is 2.26. The molecule has 0 spiro atoms. The molecule has 0 N–H and O–H groups in total. The molecule has 0 atom stereocenters. The van der Waals surface area contributed by atoms with Gasteiger partial charge in [-0.15, -0.1) is 0 Å². The maximum absolute atomic E-state index is 2.63. The summed E-state index contributed by atoms with van der Waals surface area (Å²) < 4.78 is 0. The zero-order valence-corrected chi connectivity index (χ0v) is 11.2. The predicted octanol–water partition coefficient (Wildman–Crippen LogP) is 2.31. The summed E-state index contributed by atoms with van der Waals surface area (Å²) in [5.74, 6) is 0.765. The summed E-state index contributed by atoms with van der Waals surface area (Å²) >= 11 is 0. The van der Waals surface area contributed by atoms with Crippen LogP contribution in [0.3, 0.4) is 0 Å². The molecule has 2 nitrogen and oxygen atoms in total. The Morgan fingerprint density at radius 2 is 1.47 bits per heavy atom. The number of hydrogen-bond acceptors (Lipinski definition) is 2. The standard InChI is InChI=1S/C13H28N2/c1-6-14-7-9-15(10-8-14)11-13(4,5)12(2)3/h12H,6-11H2,1-5H3. The minimum absolute atomic E-state index is 0.453. The van der Waals surface area contributed by atoms with Crippen molar-refractivity contribution >= 4 is 0 Å². The Balaban J connectivity index is 2.35. The summed E-state index contributed by atoms with van der Waals surface area (Å²) in [6, 6.07) is 0. The van der Waals surface area contributed by atoms with E-state index in [0.717, 1.165) is 5.92 Å². The fourth-order valence-corrected chi connectivity index (χ4v) is 2.02. The third-order valence-electron chi connectivity index (χ3n) is 4.11. The molecule has 0 amide bonds. The van der Waals surface area contributed by atoms with E-state index >= 15 is 0 Å². The van der Waals surface area contributed by atoms with Gasteiger partial charge in [0.15, 0.2) is 0 Å². The van der Waals surface area contributed by atoms with Crippen molar-refractivity contribution in [1.82, 2.24) is 9.80 Å². The molecule has 0 saturated carbocycles. The monoisotopic (exact) mass is 212 g/mol. The second-order valence-corrected chi connectivity index (χ2v) is 5.85. The van der Waals surface area contributed by atoms with E-state index in [9.17, 15) is 0 Å². The molecule has 1 aliphatic heterocycles. The molecule has 0 radical (unpaired) electrons. The van der Waals surface area contributed by atoms with Gasteiger partial charge in [-0.25, -0.2) is 0 Å². The lowest BCUT2D eigenvalue weighted by Gasteiger charge is -2.40. The van der Waals surface area contributed by atoms with Gasteiger partial charge in [-0.1, -0.05) is 34.6 Å². The van der Waals surface area contributed by atoms with Gasteiger partial charge in [-0.3, -0.25) is 0 Å². The summed E-state index contributed by atoms with van der Waals surface area (Å²) in [5.41, 5.74) is 0.453. The van der Waals surface area contributed by atoms with Crippen LogP contribution in [0.4, 0.5) is 0 Å². The molecule has 0 aliphatic carbocycles. The van der Waals surface area contributed by atoms with Crippen LogP contribution in [-0.2, 0) is 0 Å². The van der Waals surface area contributed by atoms with Crippen LogP contribution in [-0.4, -0.2) is 49.1 Å². The molecule has 1 heterocycles. The van der Waals surface area contributed by atoms with E-state index < -0.39 is 0 Å². The second kappa shape index (κ2) is 5.31. The average molecular weight is 212 g/mol. The van der Waals surface area contributed by atoms with Crippen LogP contribution in [0, 0.1) is 11.3 Å². The number of piperazine rings is 1. The van der Waals surface area contributed by atoms with Gasteiger partial charge in [0, 0.05) is 32.7 Å². The van der Waals surface area contributed by atoms with Gasteiger partial charge >= 0.3 is 0 Å². The Morgan fingerprint density at radius 1 is 1.00 bits per heavy atom. The van der Waals surface area contributed by atoms with Crippen molar-refractivity contribution in [2.24, 2.45) is 11.3 Å². The van der Waals surface area contributed by atoms with Crippen molar-refractivity contribution in [1.29, 1.82) is 0 Å². The van der Waals surface area contributed by atoms with Crippen molar-refractivity contribution in [3.8, 4) is 0 Å². The predicted molar refractivity (Wildman–Crippen MR) is 67.2 cm³/mol. The fraction of sp³-hybridized carbons (Fsp3) is 1.00. The van der Waals surface area contributed by atoms with Crippen LogP contribution in [0.25, 0.3) is 0 Å². The van der Waals surface area contributed by atoms with Crippen LogP contribution in [0.1, 0.15) is 34.6 Å². The highest BCUT2D eigenvalue weighted by molar-refractivity contribution is 4.80. The number of hydrogen-bond donors (Lipinski definition) is 0. The highest BCUT2D eigenvalue weighted by atomic mass is 15.3. The summed E-state index contributed by atoms with van der Waals surface area (Å²) in [5, 5.41) is 0. The van der Waals surface area contributed by atoms with Gasteiger partial charge in [0.1, 0.15) is 0 Å². The van der Waals surface area contributed by atoms with E-state index in [1.54, 1.807) is 0 Å². The Kier molecular flexibility index (Phi) is 4.60. The minimum atomic E-state index is 0.453. The van der Waals surface area contributed by atoms with Crippen LogP contribution in [0.2, 0.25) is 0 Å². The molecule has 1 rings (SSSR count). The second-order valence-electron chi connectivity index (χ2n) is 5.85. The molecule has 0 aromatic carbocycles. The van der Waals surface area contributed by atoms with E-state index in [-0.39, 0.29) is 0 Å². The third kappa shape index (κ3) is 3.76. The zero-order chi connectivity index (χ0) is 11.5. The van der Waals surface area contributed by atoms with E-state index in [0.29, 0.717) is 5.41 Å². The smallest absolute Gasteiger partial charge is 0.0110 e. The summed E-state index contributed by atoms with van der Waals surface area (Å²) in [6.07, 6.45) is 0. The van der Waals surface area contributed by atoms with Gasteiger partial charge in [-0.2, -0.15) is 0 Å². The van der Waals surface area contributed by atoms with Gasteiger partial charge < -0.3 is 9.80 Å². The largest absolute Gasteiger partial charge is 0.301 e. The van der Waals surface area contributed by atoms with E-state index in [1.807, 2.05) is 0 Å². The zero-order valence-electron chi connectivity index (χ0n) is 11.2. The first-order valence-corrected chi connectivity index (χ1v) is 6.40. The average Bonchev–Trinajstić information content (AvgIpc) is 2.18. The number of nitrogens with zero attached hydrogens (tertiary/aromatic N) is 2. The SMILES string of the molecule is CCN1CCN(CC(C)(C)C(C)C)CC1. The first-order valence-electron chi connectivity index (χ1n) is 6.40. The minimum Gasteiger partial charge on any atom is -0.301 e. The Hall–Kier alpha value is -0.0800. The highest BCUT2D eigenvalue weighted by Crippen LogP contribution is 2.27. The Morgan fingerprint density at radius 3 is 1.87 bits per heavy atom. The van der Waals surface area contributed by atoms with Crippen molar-refractivity contribution in [3.05, 3.63) is 0 Å². The molecule has 0 aromatic rings. The quantitative estimate of drug-likeness (QED) is 0.705. The molecule has 0 aromatic heterocycles. The normalized spacial score (nSPS) is 21.2. The Labute approximate surface area is 95.6 Å². The van der Waals surface area contributed by atoms with Crippen LogP contribution in [0.15, 0.2) is 0 Å². The summed E-state index contributed by atoms with van der Waals surface area (Å²) in [4.78, 5) is 5.17. The van der Waals surface area contributed by atoms with Gasteiger partial charge in [0.05, 0.1) is 0 Å². The van der Waals surface area contributed by atoms with Gasteiger partial charge in [0.25, 0.3) is 0 Å². The lowest BCUT2D eigenvalue weighted by atomic mass is 9.80. The number of likely N-dealkylation sites (N-methyl/N-ethyl adjacent to an activating group) is 1. The van der Waals surface area contributed by atoms with Crippen molar-refractivity contribution in [2.45, 2.75) is 34.6 Å². The lowest BCUT2D eigenvalue weighted by molar-refractivity contribution is 0.0806. The van der Waals surface area contributed by atoms with E-state index in [2.05, 4.69) is 44.4 Å². The molecule has 90 valence electrons. The van der Waals surface area contributed by atoms with Crippen LogP contribution >= 0.6 is 0 Å². The molecule has 0 unspecified atom stereocenters. The number of rotatable bonds is 4. The first kappa shape index (κ1) is 13.0. The molecule has 1 fully saturated rings. The first-order chi connectivity index (χ1) is 6.95. The maximum atomic E-state index is 2.63. The van der Waals surface area contributed by atoms with Crippen molar-refractivity contribution in [3.63, 3.8) is 0 Å². The van der Waals surface area contributed by atoms with Gasteiger partial charge in [0.2, 0.25) is 0 Å². The Bertz CT molecular complexity index is 179. The van der Waals surface area contributed by atoms with E-state index in [1.165, 1.54) is 39.3 Å². The fourth-order valence-electron chi connectivity index (χ4n) is 2.02. The topological polar surface area (TPSA) is 6.48 Å². The molecule has 1 saturated heterocycles. The van der Waals surface area contributed by atoms with Crippen molar-refractivity contribution < 1.29 is 0 Å². The molecule has 15 heavy (non-hydrogen) atoms. The third-order valence-corrected chi connectivity index (χ3v) is 4.11.